The third kappa shape index (κ3) is 1.42. The quantitative estimate of drug-likeness (QED) is 0.795. The summed E-state index contributed by atoms with van der Waals surface area (Å²) in [4.78, 5) is 0. The summed E-state index contributed by atoms with van der Waals surface area (Å²) in [5.41, 5.74) is 6.13. The molecule has 1 aromatic rings. The van der Waals surface area contributed by atoms with Gasteiger partial charge < -0.3 is 10.3 Å². The molecular weight excluding hydrogens is 327 g/mol. The van der Waals surface area contributed by atoms with Crippen LogP contribution in [0.25, 0.3) is 0 Å². The normalized spacial score (nSPS) is 43.2. The van der Waals surface area contributed by atoms with Crippen LogP contribution < -0.4 is 5.73 Å². The van der Waals surface area contributed by atoms with Gasteiger partial charge in [0.25, 0.3) is 0 Å². The first-order valence-corrected chi connectivity index (χ1v) is 7.65. The van der Waals surface area contributed by atoms with Crippen molar-refractivity contribution < 1.29 is 4.52 Å². The van der Waals surface area contributed by atoms with Crippen molar-refractivity contribution in [1.82, 2.24) is 5.16 Å². The van der Waals surface area contributed by atoms with Crippen molar-refractivity contribution >= 4 is 28.4 Å². The minimum absolute atomic E-state index is 0.288. The number of rotatable bonds is 1. The van der Waals surface area contributed by atoms with Gasteiger partial charge in [0.2, 0.25) is 0 Å². The fourth-order valence-corrected chi connectivity index (χ4v) is 5.78. The standard InChI is InChI=1S/C13H17IN2O/c14-10-11(17-16-12(10)15)13-4-7-1-8(5-13)3-9(2-7)6-13/h7-9H,1-6H2,(H2,15,16). The highest BCUT2D eigenvalue weighted by molar-refractivity contribution is 14.1. The number of nitrogen functional groups attached to an aromatic ring is 1. The van der Waals surface area contributed by atoms with Gasteiger partial charge >= 0.3 is 0 Å². The van der Waals surface area contributed by atoms with Crippen LogP contribution in [0.1, 0.15) is 44.3 Å². The van der Waals surface area contributed by atoms with E-state index in [4.69, 9.17) is 10.3 Å². The maximum absolute atomic E-state index is 5.85. The molecule has 0 spiro atoms. The van der Waals surface area contributed by atoms with Gasteiger partial charge in [-0.15, -0.1) is 0 Å². The molecule has 4 aliphatic rings. The lowest BCUT2D eigenvalue weighted by molar-refractivity contribution is -0.0180. The Labute approximate surface area is 115 Å². The Balaban J connectivity index is 1.80. The van der Waals surface area contributed by atoms with E-state index < -0.39 is 0 Å². The van der Waals surface area contributed by atoms with E-state index in [0.717, 1.165) is 27.1 Å². The molecule has 17 heavy (non-hydrogen) atoms. The van der Waals surface area contributed by atoms with E-state index in [9.17, 15) is 0 Å². The second kappa shape index (κ2) is 3.39. The van der Waals surface area contributed by atoms with E-state index in [1.165, 1.54) is 38.5 Å². The molecule has 5 rings (SSSR count). The van der Waals surface area contributed by atoms with Crippen LogP contribution in [0, 0.1) is 21.3 Å². The monoisotopic (exact) mass is 344 g/mol. The molecule has 0 saturated heterocycles. The largest absolute Gasteiger partial charge is 0.380 e. The van der Waals surface area contributed by atoms with Crippen molar-refractivity contribution in [2.75, 3.05) is 5.73 Å². The van der Waals surface area contributed by atoms with Crippen LogP contribution in [0.4, 0.5) is 5.82 Å². The van der Waals surface area contributed by atoms with Gasteiger partial charge in [0.1, 0.15) is 3.57 Å². The van der Waals surface area contributed by atoms with E-state index in [-0.39, 0.29) is 5.41 Å². The molecule has 1 aromatic heterocycles. The van der Waals surface area contributed by atoms with Crippen LogP contribution >= 0.6 is 22.6 Å². The van der Waals surface area contributed by atoms with Crippen LogP contribution in [0.2, 0.25) is 0 Å². The van der Waals surface area contributed by atoms with Crippen molar-refractivity contribution in [3.63, 3.8) is 0 Å². The average molecular weight is 344 g/mol. The SMILES string of the molecule is Nc1noc(C23CC4CC(CC(C4)C2)C3)c1I. The smallest absolute Gasteiger partial charge is 0.180 e. The maximum atomic E-state index is 5.85. The van der Waals surface area contributed by atoms with Gasteiger partial charge in [-0.25, -0.2) is 0 Å². The van der Waals surface area contributed by atoms with Gasteiger partial charge in [-0.1, -0.05) is 5.16 Å². The summed E-state index contributed by atoms with van der Waals surface area (Å²) in [5, 5.41) is 3.97. The first-order valence-electron chi connectivity index (χ1n) is 6.57. The Bertz CT molecular complexity index is 433. The highest BCUT2D eigenvalue weighted by atomic mass is 127. The molecule has 0 atom stereocenters. The first-order chi connectivity index (χ1) is 8.16. The molecular formula is C13H17IN2O. The van der Waals surface area contributed by atoms with Crippen molar-refractivity contribution in [2.24, 2.45) is 17.8 Å². The number of aromatic nitrogens is 1. The molecule has 3 nitrogen and oxygen atoms in total. The molecule has 4 aliphatic carbocycles. The van der Waals surface area contributed by atoms with Crippen LogP contribution in [0.5, 0.6) is 0 Å². The highest BCUT2D eigenvalue weighted by Gasteiger charge is 2.54. The zero-order valence-electron chi connectivity index (χ0n) is 9.79. The van der Waals surface area contributed by atoms with Crippen molar-refractivity contribution in [3.8, 4) is 0 Å². The Hall–Kier alpha value is -0.260. The lowest BCUT2D eigenvalue weighted by Crippen LogP contribution is -2.48. The Morgan fingerprint density at radius 1 is 1.12 bits per heavy atom. The number of nitrogens with two attached hydrogens (primary N) is 1. The summed E-state index contributed by atoms with van der Waals surface area (Å²) in [6.45, 7) is 0. The predicted molar refractivity (Wildman–Crippen MR) is 73.5 cm³/mol. The third-order valence-electron chi connectivity index (χ3n) is 5.18. The molecule has 2 N–H and O–H groups in total. The zero-order chi connectivity index (χ0) is 11.6. The summed E-state index contributed by atoms with van der Waals surface area (Å²) in [6, 6.07) is 0. The maximum Gasteiger partial charge on any atom is 0.180 e. The lowest BCUT2D eigenvalue weighted by atomic mass is 9.49. The molecule has 4 heteroatoms. The summed E-state index contributed by atoms with van der Waals surface area (Å²) >= 11 is 2.31. The summed E-state index contributed by atoms with van der Waals surface area (Å²) < 4.78 is 6.67. The fraction of sp³-hybridized carbons (Fsp3) is 0.769. The molecule has 0 amide bonds. The predicted octanol–water partition coefficient (Wildman–Crippen LogP) is 3.33. The Kier molecular flexibility index (Phi) is 2.13. The molecule has 0 radical (unpaired) electrons. The van der Waals surface area contributed by atoms with E-state index in [1.807, 2.05) is 0 Å². The topological polar surface area (TPSA) is 52.0 Å². The molecule has 4 bridgehead atoms. The van der Waals surface area contributed by atoms with E-state index in [0.29, 0.717) is 5.82 Å². The molecule has 1 heterocycles. The van der Waals surface area contributed by atoms with Crippen molar-refractivity contribution in [1.29, 1.82) is 0 Å². The summed E-state index contributed by atoms with van der Waals surface area (Å²) in [5.74, 6) is 4.49. The number of anilines is 1. The molecule has 0 unspecified atom stereocenters. The zero-order valence-corrected chi connectivity index (χ0v) is 11.9. The van der Waals surface area contributed by atoms with E-state index in [2.05, 4.69) is 27.7 Å². The van der Waals surface area contributed by atoms with Gasteiger partial charge in [-0.05, 0) is 78.9 Å². The summed E-state index contributed by atoms with van der Waals surface area (Å²) in [7, 11) is 0. The average Bonchev–Trinajstić information content (AvgIpc) is 2.58. The van der Waals surface area contributed by atoms with Crippen LogP contribution in [0.15, 0.2) is 4.52 Å². The van der Waals surface area contributed by atoms with Crippen LogP contribution in [-0.2, 0) is 5.41 Å². The second-order valence-electron chi connectivity index (χ2n) is 6.41. The first kappa shape index (κ1) is 10.6. The van der Waals surface area contributed by atoms with Crippen molar-refractivity contribution in [2.45, 2.75) is 43.9 Å². The number of nitrogens with zero attached hydrogens (tertiary/aromatic N) is 1. The minimum Gasteiger partial charge on any atom is -0.380 e. The lowest BCUT2D eigenvalue weighted by Gasteiger charge is -2.55. The van der Waals surface area contributed by atoms with E-state index >= 15 is 0 Å². The molecule has 0 aliphatic heterocycles. The Morgan fingerprint density at radius 2 is 1.65 bits per heavy atom. The number of hydrogen-bond acceptors (Lipinski definition) is 3. The van der Waals surface area contributed by atoms with Gasteiger partial charge in [0.05, 0.1) is 0 Å². The fourth-order valence-electron chi connectivity index (χ4n) is 5.01. The molecule has 0 aromatic carbocycles. The second-order valence-corrected chi connectivity index (χ2v) is 7.49. The number of halogens is 1. The minimum atomic E-state index is 0.288. The molecule has 4 saturated carbocycles. The Morgan fingerprint density at radius 3 is 2.06 bits per heavy atom. The molecule has 4 fully saturated rings. The van der Waals surface area contributed by atoms with Gasteiger partial charge in [0.15, 0.2) is 11.6 Å². The highest BCUT2D eigenvalue weighted by Crippen LogP contribution is 2.61. The van der Waals surface area contributed by atoms with Gasteiger partial charge in [-0.3, -0.25) is 0 Å². The summed E-state index contributed by atoms with van der Waals surface area (Å²) in [6.07, 6.45) is 8.30. The van der Waals surface area contributed by atoms with Crippen LogP contribution in [0.3, 0.4) is 0 Å². The van der Waals surface area contributed by atoms with Crippen molar-refractivity contribution in [3.05, 3.63) is 9.33 Å². The third-order valence-corrected chi connectivity index (χ3v) is 6.22. The van der Waals surface area contributed by atoms with Gasteiger partial charge in [0, 0.05) is 5.41 Å². The molecule has 92 valence electrons. The van der Waals surface area contributed by atoms with Gasteiger partial charge in [-0.2, -0.15) is 0 Å². The van der Waals surface area contributed by atoms with Crippen LogP contribution in [-0.4, -0.2) is 5.16 Å². The van der Waals surface area contributed by atoms with E-state index in [1.54, 1.807) is 0 Å². The number of hydrogen-bond donors (Lipinski definition) is 1.